The van der Waals surface area contributed by atoms with E-state index in [1.54, 1.807) is 18.2 Å². The number of likely N-dealkylation sites (tertiary alicyclic amines) is 1. The lowest BCUT2D eigenvalue weighted by Crippen LogP contribution is -2.35. The molecule has 7 heteroatoms. The Labute approximate surface area is 182 Å². The third kappa shape index (κ3) is 4.94. The molecule has 7 nitrogen and oxygen atoms in total. The van der Waals surface area contributed by atoms with E-state index in [0.717, 1.165) is 30.9 Å². The molecule has 1 saturated heterocycles. The number of aliphatic hydroxyl groups is 1. The summed E-state index contributed by atoms with van der Waals surface area (Å²) in [6.07, 6.45) is 1.45. The molecular formula is C24H29NO6. The third-order valence-electron chi connectivity index (χ3n) is 5.76. The van der Waals surface area contributed by atoms with Gasteiger partial charge in [0.15, 0.2) is 28.8 Å². The summed E-state index contributed by atoms with van der Waals surface area (Å²) in [5.74, 6) is 2.54. The Bertz CT molecular complexity index is 930. The molecule has 2 aliphatic heterocycles. The zero-order valence-corrected chi connectivity index (χ0v) is 18.0. The van der Waals surface area contributed by atoms with Gasteiger partial charge in [-0.3, -0.25) is 9.69 Å². The quantitative estimate of drug-likeness (QED) is 0.648. The van der Waals surface area contributed by atoms with Crippen molar-refractivity contribution in [2.45, 2.75) is 31.9 Å². The van der Waals surface area contributed by atoms with Gasteiger partial charge in [0.05, 0.1) is 7.11 Å². The van der Waals surface area contributed by atoms with Gasteiger partial charge in [-0.25, -0.2) is 0 Å². The summed E-state index contributed by atoms with van der Waals surface area (Å²) in [6.45, 7) is 4.22. The number of ether oxygens (including phenoxy) is 4. The highest BCUT2D eigenvalue weighted by Crippen LogP contribution is 2.38. The van der Waals surface area contributed by atoms with Gasteiger partial charge >= 0.3 is 0 Å². The summed E-state index contributed by atoms with van der Waals surface area (Å²) in [7, 11) is 1.53. The second kappa shape index (κ2) is 9.58. The van der Waals surface area contributed by atoms with Crippen molar-refractivity contribution in [2.75, 3.05) is 40.0 Å². The predicted molar refractivity (Wildman–Crippen MR) is 115 cm³/mol. The van der Waals surface area contributed by atoms with Gasteiger partial charge in [0.2, 0.25) is 0 Å². The molecule has 0 aliphatic carbocycles. The van der Waals surface area contributed by atoms with E-state index in [2.05, 4.69) is 17.0 Å². The Hall–Kier alpha value is -2.77. The first-order valence-corrected chi connectivity index (χ1v) is 10.7. The Balaban J connectivity index is 1.37. The second-order valence-corrected chi connectivity index (χ2v) is 7.94. The molecule has 1 fully saturated rings. The van der Waals surface area contributed by atoms with E-state index in [-0.39, 0.29) is 18.4 Å². The van der Waals surface area contributed by atoms with E-state index in [1.807, 2.05) is 6.07 Å². The van der Waals surface area contributed by atoms with Crippen LogP contribution in [-0.4, -0.2) is 61.9 Å². The molecule has 0 bridgehead atoms. The first-order chi connectivity index (χ1) is 15.0. The number of aliphatic hydroxyl groups excluding tert-OH is 1. The van der Waals surface area contributed by atoms with Gasteiger partial charge in [-0.1, -0.05) is 6.07 Å². The van der Waals surface area contributed by atoms with Crippen molar-refractivity contribution in [2.24, 2.45) is 0 Å². The van der Waals surface area contributed by atoms with Gasteiger partial charge in [-0.15, -0.1) is 0 Å². The summed E-state index contributed by atoms with van der Waals surface area (Å²) in [5, 5.41) is 10.6. The number of rotatable bonds is 8. The summed E-state index contributed by atoms with van der Waals surface area (Å²) in [4.78, 5) is 13.8. The SMILES string of the molecule is COc1cc(C(C)=O)ccc1OC[C@H](O)CN1CCC[C@@H]1c1ccc2c(c1)OCCO2. The lowest BCUT2D eigenvalue weighted by Gasteiger charge is -2.28. The fourth-order valence-electron chi connectivity index (χ4n) is 4.20. The minimum absolute atomic E-state index is 0.0379. The van der Waals surface area contributed by atoms with Crippen LogP contribution in [0.1, 0.15) is 41.7 Å². The Morgan fingerprint density at radius 3 is 2.74 bits per heavy atom. The fourth-order valence-corrected chi connectivity index (χ4v) is 4.20. The summed E-state index contributed by atoms with van der Waals surface area (Å²) < 4.78 is 22.5. The van der Waals surface area contributed by atoms with Crippen LogP contribution in [0.4, 0.5) is 0 Å². The molecule has 0 saturated carbocycles. The molecule has 2 atom stereocenters. The summed E-state index contributed by atoms with van der Waals surface area (Å²) >= 11 is 0. The zero-order valence-electron chi connectivity index (χ0n) is 18.0. The van der Waals surface area contributed by atoms with Gasteiger partial charge in [-0.05, 0) is 62.2 Å². The number of fused-ring (bicyclic) bond motifs is 1. The van der Waals surface area contributed by atoms with Crippen molar-refractivity contribution in [3.63, 3.8) is 0 Å². The number of β-amino-alcohol motifs (C(OH)–C–C–N with tert-alkyl or cyclic N) is 1. The standard InChI is InChI=1S/C24H29NO6/c1-16(26)17-5-7-21(23(12-17)28-2)31-15-19(27)14-25-9-3-4-20(25)18-6-8-22-24(13-18)30-11-10-29-22/h5-8,12-13,19-20,27H,3-4,9-11,14-15H2,1-2H3/t19-,20-/m1/s1. The highest BCUT2D eigenvalue weighted by Gasteiger charge is 2.29. The molecule has 4 rings (SSSR count). The van der Waals surface area contributed by atoms with Crippen LogP contribution >= 0.6 is 0 Å². The number of methoxy groups -OCH3 is 1. The van der Waals surface area contributed by atoms with Gasteiger partial charge in [0, 0.05) is 18.2 Å². The van der Waals surface area contributed by atoms with E-state index in [1.165, 1.54) is 19.6 Å². The fraction of sp³-hybridized carbons (Fsp3) is 0.458. The van der Waals surface area contributed by atoms with Crippen molar-refractivity contribution in [3.05, 3.63) is 47.5 Å². The Morgan fingerprint density at radius 1 is 1.16 bits per heavy atom. The van der Waals surface area contributed by atoms with E-state index in [0.29, 0.717) is 36.8 Å². The average Bonchev–Trinajstić information content (AvgIpc) is 3.25. The molecule has 1 N–H and O–H groups in total. The smallest absolute Gasteiger partial charge is 0.161 e. The summed E-state index contributed by atoms with van der Waals surface area (Å²) in [6, 6.07) is 11.4. The topological polar surface area (TPSA) is 77.5 Å². The minimum Gasteiger partial charge on any atom is -0.493 e. The van der Waals surface area contributed by atoms with Crippen LogP contribution in [0, 0.1) is 0 Å². The van der Waals surface area contributed by atoms with Crippen molar-refractivity contribution in [3.8, 4) is 23.0 Å². The van der Waals surface area contributed by atoms with E-state index in [4.69, 9.17) is 18.9 Å². The second-order valence-electron chi connectivity index (χ2n) is 7.94. The molecule has 0 unspecified atom stereocenters. The number of ketones is 1. The van der Waals surface area contributed by atoms with Crippen LogP contribution in [0.3, 0.4) is 0 Å². The summed E-state index contributed by atoms with van der Waals surface area (Å²) in [5.41, 5.74) is 1.74. The molecule has 2 aromatic carbocycles. The Kier molecular flexibility index (Phi) is 6.63. The molecule has 31 heavy (non-hydrogen) atoms. The van der Waals surface area contributed by atoms with E-state index < -0.39 is 6.10 Å². The van der Waals surface area contributed by atoms with Crippen molar-refractivity contribution < 1.29 is 28.8 Å². The first-order valence-electron chi connectivity index (χ1n) is 10.7. The molecule has 0 radical (unpaired) electrons. The van der Waals surface area contributed by atoms with E-state index >= 15 is 0 Å². The minimum atomic E-state index is -0.657. The van der Waals surface area contributed by atoms with Gasteiger partial charge < -0.3 is 24.1 Å². The maximum atomic E-state index is 11.6. The van der Waals surface area contributed by atoms with Gasteiger partial charge in [-0.2, -0.15) is 0 Å². The lowest BCUT2D eigenvalue weighted by atomic mass is 10.0. The third-order valence-corrected chi connectivity index (χ3v) is 5.76. The maximum absolute atomic E-state index is 11.6. The number of hydrogen-bond acceptors (Lipinski definition) is 7. The number of hydrogen-bond donors (Lipinski definition) is 1. The monoisotopic (exact) mass is 427 g/mol. The van der Waals surface area contributed by atoms with Crippen molar-refractivity contribution in [1.82, 2.24) is 4.90 Å². The molecule has 2 aromatic rings. The number of Topliss-reactive ketones (excluding diaryl/α,β-unsaturated/α-hetero) is 1. The number of nitrogens with zero attached hydrogens (tertiary/aromatic N) is 1. The van der Waals surface area contributed by atoms with Crippen LogP contribution < -0.4 is 18.9 Å². The van der Waals surface area contributed by atoms with Crippen molar-refractivity contribution in [1.29, 1.82) is 0 Å². The Morgan fingerprint density at radius 2 is 1.97 bits per heavy atom. The number of carbonyl (C=O) groups is 1. The van der Waals surface area contributed by atoms with Gasteiger partial charge in [0.25, 0.3) is 0 Å². The predicted octanol–water partition coefficient (Wildman–Crippen LogP) is 3.25. The molecule has 2 aliphatic rings. The van der Waals surface area contributed by atoms with Crippen LogP contribution in [-0.2, 0) is 0 Å². The molecule has 2 heterocycles. The van der Waals surface area contributed by atoms with E-state index in [9.17, 15) is 9.90 Å². The highest BCUT2D eigenvalue weighted by molar-refractivity contribution is 5.94. The van der Waals surface area contributed by atoms with Crippen LogP contribution in [0.5, 0.6) is 23.0 Å². The van der Waals surface area contributed by atoms with Crippen LogP contribution in [0.25, 0.3) is 0 Å². The molecular weight excluding hydrogens is 398 g/mol. The zero-order chi connectivity index (χ0) is 21.8. The first kappa shape index (κ1) is 21.5. The number of benzene rings is 2. The molecule has 0 amide bonds. The van der Waals surface area contributed by atoms with Crippen LogP contribution in [0.2, 0.25) is 0 Å². The number of carbonyl (C=O) groups excluding carboxylic acids is 1. The maximum Gasteiger partial charge on any atom is 0.161 e. The van der Waals surface area contributed by atoms with Crippen molar-refractivity contribution >= 4 is 5.78 Å². The van der Waals surface area contributed by atoms with Crippen LogP contribution in [0.15, 0.2) is 36.4 Å². The van der Waals surface area contributed by atoms with Gasteiger partial charge in [0.1, 0.15) is 25.9 Å². The average molecular weight is 427 g/mol. The molecule has 0 aromatic heterocycles. The molecule has 166 valence electrons. The largest absolute Gasteiger partial charge is 0.493 e. The highest BCUT2D eigenvalue weighted by atomic mass is 16.6. The normalized spacial score (nSPS) is 19.1. The lowest BCUT2D eigenvalue weighted by molar-refractivity contribution is 0.0628. The molecule has 0 spiro atoms.